The number of esters is 1. The second kappa shape index (κ2) is 9.68. The first-order valence-electron chi connectivity index (χ1n) is 11.1. The van der Waals surface area contributed by atoms with E-state index in [9.17, 15) is 19.2 Å². The number of urea groups is 1. The van der Waals surface area contributed by atoms with Crippen LogP contribution in [-0.2, 0) is 20.7 Å². The molecule has 1 saturated heterocycles. The SMILES string of the molecule is CCOC(=O)c1cc(C(C)C)sc1NC(=O)CN1C(=O)N[C@H](Cc2c[nH]c3ccccc23)C1=O. The fourth-order valence-corrected chi connectivity index (χ4v) is 4.91. The van der Waals surface area contributed by atoms with Gasteiger partial charge in [-0.1, -0.05) is 32.0 Å². The number of nitrogens with one attached hydrogen (secondary N) is 3. The van der Waals surface area contributed by atoms with E-state index in [-0.39, 0.29) is 18.1 Å². The largest absolute Gasteiger partial charge is 0.462 e. The summed E-state index contributed by atoms with van der Waals surface area (Å²) in [7, 11) is 0. The Morgan fingerprint density at radius 2 is 2.00 bits per heavy atom. The Morgan fingerprint density at radius 1 is 1.24 bits per heavy atom. The van der Waals surface area contributed by atoms with Crippen LogP contribution in [0, 0.1) is 0 Å². The van der Waals surface area contributed by atoms with Gasteiger partial charge in [-0.2, -0.15) is 0 Å². The number of hydrogen-bond donors (Lipinski definition) is 3. The summed E-state index contributed by atoms with van der Waals surface area (Å²) in [6.45, 7) is 5.42. The molecule has 4 rings (SSSR count). The van der Waals surface area contributed by atoms with Gasteiger partial charge in [-0.3, -0.25) is 14.5 Å². The Kier molecular flexibility index (Phi) is 6.69. The Labute approximate surface area is 200 Å². The number of imide groups is 1. The lowest BCUT2D eigenvalue weighted by Crippen LogP contribution is -2.38. The van der Waals surface area contributed by atoms with E-state index in [1.165, 1.54) is 11.3 Å². The van der Waals surface area contributed by atoms with Crippen molar-refractivity contribution in [1.82, 2.24) is 15.2 Å². The summed E-state index contributed by atoms with van der Waals surface area (Å²) in [5.41, 5.74) is 2.11. The first-order valence-corrected chi connectivity index (χ1v) is 11.9. The number of aromatic amines is 1. The van der Waals surface area contributed by atoms with E-state index in [0.29, 0.717) is 11.4 Å². The van der Waals surface area contributed by atoms with Crippen LogP contribution >= 0.6 is 11.3 Å². The van der Waals surface area contributed by atoms with Gasteiger partial charge in [0, 0.05) is 28.4 Å². The number of carbonyl (C=O) groups excluding carboxylic acids is 4. The van der Waals surface area contributed by atoms with Crippen molar-refractivity contribution in [2.75, 3.05) is 18.5 Å². The molecule has 1 fully saturated rings. The predicted molar refractivity (Wildman–Crippen MR) is 129 cm³/mol. The van der Waals surface area contributed by atoms with Crippen LogP contribution in [0.3, 0.4) is 0 Å². The fraction of sp³-hybridized carbons (Fsp3) is 0.333. The minimum absolute atomic E-state index is 0.153. The summed E-state index contributed by atoms with van der Waals surface area (Å²) in [5, 5.41) is 6.66. The van der Waals surface area contributed by atoms with E-state index in [1.807, 2.05) is 44.3 Å². The lowest BCUT2D eigenvalue weighted by atomic mass is 10.1. The molecule has 2 aromatic heterocycles. The number of fused-ring (bicyclic) bond motifs is 1. The van der Waals surface area contributed by atoms with Gasteiger partial charge in [0.1, 0.15) is 17.6 Å². The second-order valence-electron chi connectivity index (χ2n) is 8.30. The number of hydrogen-bond acceptors (Lipinski definition) is 6. The topological polar surface area (TPSA) is 121 Å². The van der Waals surface area contributed by atoms with Gasteiger partial charge in [0.2, 0.25) is 5.91 Å². The molecular formula is C24H26N4O5S. The van der Waals surface area contributed by atoms with E-state index in [0.717, 1.165) is 26.2 Å². The van der Waals surface area contributed by atoms with Crippen LogP contribution in [0.2, 0.25) is 0 Å². The average Bonchev–Trinajstić information content (AvgIpc) is 3.47. The molecule has 0 spiro atoms. The minimum atomic E-state index is -0.760. The molecule has 1 atom stereocenters. The van der Waals surface area contributed by atoms with Gasteiger partial charge in [0.25, 0.3) is 5.91 Å². The highest BCUT2D eigenvalue weighted by Crippen LogP contribution is 2.33. The summed E-state index contributed by atoms with van der Waals surface area (Å²) in [6.07, 6.45) is 2.13. The summed E-state index contributed by atoms with van der Waals surface area (Å²) in [5.74, 6) is -1.42. The molecule has 10 heteroatoms. The molecule has 9 nitrogen and oxygen atoms in total. The van der Waals surface area contributed by atoms with Crippen LogP contribution in [0.25, 0.3) is 10.9 Å². The summed E-state index contributed by atoms with van der Waals surface area (Å²) in [6, 6.07) is 8.02. The number of H-pyrrole nitrogens is 1. The van der Waals surface area contributed by atoms with Gasteiger partial charge in [0.15, 0.2) is 0 Å². The molecule has 0 saturated carbocycles. The van der Waals surface area contributed by atoms with Gasteiger partial charge in [-0.15, -0.1) is 11.3 Å². The molecular weight excluding hydrogens is 456 g/mol. The van der Waals surface area contributed by atoms with Crippen LogP contribution in [0.15, 0.2) is 36.5 Å². The third-order valence-corrected chi connectivity index (χ3v) is 6.93. The standard InChI is InChI=1S/C24H26N4O5S/c1-4-33-23(31)16-10-19(13(2)3)34-21(16)27-20(29)12-28-22(30)18(26-24(28)32)9-14-11-25-17-8-6-5-7-15(14)17/h5-8,10-11,13,18,25H,4,9,12H2,1-3H3,(H,26,32)(H,27,29)/t18-/m1/s1. The van der Waals surface area contributed by atoms with Crippen molar-refractivity contribution in [3.63, 3.8) is 0 Å². The highest BCUT2D eigenvalue weighted by Gasteiger charge is 2.39. The first kappa shape index (κ1) is 23.5. The molecule has 3 N–H and O–H groups in total. The van der Waals surface area contributed by atoms with Gasteiger partial charge in [0.05, 0.1) is 12.2 Å². The van der Waals surface area contributed by atoms with Gasteiger partial charge in [-0.25, -0.2) is 9.59 Å². The molecule has 0 aliphatic carbocycles. The molecule has 3 aromatic rings. The van der Waals surface area contributed by atoms with Gasteiger partial charge >= 0.3 is 12.0 Å². The maximum absolute atomic E-state index is 12.9. The number of thiophene rings is 1. The number of nitrogens with zero attached hydrogens (tertiary/aromatic N) is 1. The van der Waals surface area contributed by atoms with Crippen molar-refractivity contribution in [3.05, 3.63) is 52.5 Å². The Balaban J connectivity index is 1.45. The van der Waals surface area contributed by atoms with Crippen molar-refractivity contribution >= 4 is 51.1 Å². The van der Waals surface area contributed by atoms with Crippen LogP contribution in [0.1, 0.15) is 47.5 Å². The normalized spacial score (nSPS) is 15.8. The number of amides is 4. The molecule has 0 bridgehead atoms. The second-order valence-corrected chi connectivity index (χ2v) is 9.39. The minimum Gasteiger partial charge on any atom is -0.462 e. The molecule has 4 amide bonds. The molecule has 0 radical (unpaired) electrons. The van der Waals surface area contributed by atoms with E-state index in [2.05, 4.69) is 15.6 Å². The number of para-hydroxylation sites is 1. The number of benzene rings is 1. The van der Waals surface area contributed by atoms with Crippen molar-refractivity contribution in [2.24, 2.45) is 0 Å². The number of aromatic nitrogens is 1. The molecule has 0 unspecified atom stereocenters. The van der Waals surface area contributed by atoms with E-state index in [1.54, 1.807) is 13.0 Å². The number of carbonyl (C=O) groups is 4. The summed E-state index contributed by atoms with van der Waals surface area (Å²) >= 11 is 1.27. The number of anilines is 1. The molecule has 1 aliphatic rings. The van der Waals surface area contributed by atoms with Crippen LogP contribution in [0.4, 0.5) is 9.80 Å². The number of rotatable bonds is 8. The Morgan fingerprint density at radius 3 is 2.74 bits per heavy atom. The van der Waals surface area contributed by atoms with Crippen LogP contribution < -0.4 is 10.6 Å². The molecule has 3 heterocycles. The third-order valence-electron chi connectivity index (χ3n) is 5.58. The van der Waals surface area contributed by atoms with Crippen molar-refractivity contribution in [2.45, 2.75) is 39.2 Å². The number of ether oxygens (including phenoxy) is 1. The molecule has 1 aromatic carbocycles. The molecule has 34 heavy (non-hydrogen) atoms. The van der Waals surface area contributed by atoms with E-state index in [4.69, 9.17) is 4.74 Å². The van der Waals surface area contributed by atoms with E-state index >= 15 is 0 Å². The van der Waals surface area contributed by atoms with Crippen molar-refractivity contribution in [1.29, 1.82) is 0 Å². The highest BCUT2D eigenvalue weighted by molar-refractivity contribution is 7.16. The van der Waals surface area contributed by atoms with Crippen LogP contribution in [-0.4, -0.2) is 52.9 Å². The van der Waals surface area contributed by atoms with Gasteiger partial charge < -0.3 is 20.4 Å². The van der Waals surface area contributed by atoms with Crippen molar-refractivity contribution in [3.8, 4) is 0 Å². The Bertz CT molecular complexity index is 1260. The zero-order valence-corrected chi connectivity index (χ0v) is 20.0. The maximum atomic E-state index is 12.9. The fourth-order valence-electron chi connectivity index (χ4n) is 3.84. The highest BCUT2D eigenvalue weighted by atomic mass is 32.1. The smallest absolute Gasteiger partial charge is 0.341 e. The van der Waals surface area contributed by atoms with Crippen LogP contribution in [0.5, 0.6) is 0 Å². The quantitative estimate of drug-likeness (QED) is 0.334. The predicted octanol–water partition coefficient (Wildman–Crippen LogP) is 3.63. The van der Waals surface area contributed by atoms with Crippen molar-refractivity contribution < 1.29 is 23.9 Å². The Hall–Kier alpha value is -3.66. The lowest BCUT2D eigenvalue weighted by molar-refractivity contribution is -0.130. The third kappa shape index (κ3) is 4.67. The monoisotopic (exact) mass is 482 g/mol. The summed E-state index contributed by atoms with van der Waals surface area (Å²) < 4.78 is 5.09. The van der Waals surface area contributed by atoms with E-state index < -0.39 is 36.4 Å². The zero-order chi connectivity index (χ0) is 24.4. The van der Waals surface area contributed by atoms with Gasteiger partial charge in [-0.05, 0) is 30.5 Å². The molecule has 1 aliphatic heterocycles. The zero-order valence-electron chi connectivity index (χ0n) is 19.1. The first-order chi connectivity index (χ1) is 16.3. The molecule has 178 valence electrons. The lowest BCUT2D eigenvalue weighted by Gasteiger charge is -2.13. The maximum Gasteiger partial charge on any atom is 0.341 e. The average molecular weight is 483 g/mol. The summed E-state index contributed by atoms with van der Waals surface area (Å²) in [4.78, 5) is 55.4.